The molecule has 6 nitrogen and oxygen atoms in total. The van der Waals surface area contributed by atoms with Gasteiger partial charge >= 0.3 is 0 Å². The molecule has 0 radical (unpaired) electrons. The number of phenolic OH excluding ortho intramolecular Hbond substituents is 1. The number of benzene rings is 1. The minimum atomic E-state index is 0.208. The average molecular weight is 348 g/mol. The van der Waals surface area contributed by atoms with Crippen molar-refractivity contribution in [1.29, 1.82) is 0 Å². The van der Waals surface area contributed by atoms with Crippen LogP contribution in [-0.2, 0) is 4.74 Å². The lowest BCUT2D eigenvalue weighted by molar-refractivity contribution is 0.102. The Hall–Kier alpha value is -2.73. The number of pyridine rings is 1. The summed E-state index contributed by atoms with van der Waals surface area (Å²) in [7, 11) is 0. The Morgan fingerprint density at radius 1 is 1.15 bits per heavy atom. The molecule has 2 N–H and O–H groups in total. The molecule has 2 saturated heterocycles. The summed E-state index contributed by atoms with van der Waals surface area (Å²) in [5.74, 6) is 0.934. The van der Waals surface area contributed by atoms with Crippen molar-refractivity contribution in [3.8, 4) is 17.0 Å². The molecule has 2 fully saturated rings. The van der Waals surface area contributed by atoms with Crippen LogP contribution in [0.3, 0.4) is 0 Å². The Labute approximate surface area is 151 Å². The van der Waals surface area contributed by atoms with Crippen LogP contribution in [0, 0.1) is 6.92 Å². The number of anilines is 1. The summed E-state index contributed by atoms with van der Waals surface area (Å²) in [5, 5.41) is 24.6. The van der Waals surface area contributed by atoms with Gasteiger partial charge in [-0.1, -0.05) is 6.07 Å². The lowest BCUT2D eigenvalue weighted by Gasteiger charge is -2.21. The molecule has 0 aliphatic carbocycles. The fraction of sp³-hybridized carbons (Fsp3) is 0.350. The van der Waals surface area contributed by atoms with Crippen LogP contribution >= 0.6 is 0 Å². The van der Waals surface area contributed by atoms with E-state index >= 15 is 0 Å². The quantitative estimate of drug-likeness (QED) is 0.755. The summed E-state index contributed by atoms with van der Waals surface area (Å²) in [4.78, 5) is 4.27. The second-order valence-electron chi connectivity index (χ2n) is 7.20. The molecule has 2 bridgehead atoms. The van der Waals surface area contributed by atoms with Gasteiger partial charge in [0.1, 0.15) is 11.4 Å². The maximum atomic E-state index is 10.4. The van der Waals surface area contributed by atoms with E-state index in [1.165, 1.54) is 0 Å². The number of hydrogen-bond acceptors (Lipinski definition) is 6. The molecule has 5 rings (SSSR count). The molecule has 1 unspecified atom stereocenters. The molecular formula is C20H20N4O2. The van der Waals surface area contributed by atoms with E-state index in [-0.39, 0.29) is 17.9 Å². The van der Waals surface area contributed by atoms with Gasteiger partial charge in [0.2, 0.25) is 0 Å². The SMILES string of the molecule is Cc1ccc(-c2nnc(NC3C[C@@H]4CC[C@H]3O4)c3cnccc23)c(O)c1. The van der Waals surface area contributed by atoms with E-state index in [0.29, 0.717) is 17.4 Å². The van der Waals surface area contributed by atoms with Gasteiger partial charge in [0.15, 0.2) is 5.82 Å². The fourth-order valence-corrected chi connectivity index (χ4v) is 4.11. The summed E-state index contributed by atoms with van der Waals surface area (Å²) in [6, 6.07) is 7.77. The maximum Gasteiger partial charge on any atom is 0.158 e. The average Bonchev–Trinajstić information content (AvgIpc) is 3.26. The minimum Gasteiger partial charge on any atom is -0.507 e. The number of rotatable bonds is 3. The lowest BCUT2D eigenvalue weighted by Crippen LogP contribution is -2.31. The van der Waals surface area contributed by atoms with E-state index in [9.17, 15) is 5.11 Å². The van der Waals surface area contributed by atoms with Crippen molar-refractivity contribution < 1.29 is 9.84 Å². The maximum absolute atomic E-state index is 10.4. The first-order valence-electron chi connectivity index (χ1n) is 9.01. The Balaban J connectivity index is 1.58. The van der Waals surface area contributed by atoms with Crippen molar-refractivity contribution in [2.45, 2.75) is 44.4 Å². The zero-order valence-electron chi connectivity index (χ0n) is 14.5. The Morgan fingerprint density at radius 3 is 2.85 bits per heavy atom. The third kappa shape index (κ3) is 2.49. The van der Waals surface area contributed by atoms with E-state index in [2.05, 4.69) is 20.5 Å². The van der Waals surface area contributed by atoms with Crippen molar-refractivity contribution in [2.75, 3.05) is 5.32 Å². The van der Waals surface area contributed by atoms with Gasteiger partial charge in [0.05, 0.1) is 18.2 Å². The van der Waals surface area contributed by atoms with Gasteiger partial charge < -0.3 is 15.2 Å². The third-order valence-electron chi connectivity index (χ3n) is 5.42. The third-order valence-corrected chi connectivity index (χ3v) is 5.42. The highest BCUT2D eigenvalue weighted by molar-refractivity contribution is 6.00. The fourth-order valence-electron chi connectivity index (χ4n) is 4.11. The Bertz CT molecular complexity index is 991. The van der Waals surface area contributed by atoms with Crippen molar-refractivity contribution in [1.82, 2.24) is 15.2 Å². The van der Waals surface area contributed by atoms with Crippen molar-refractivity contribution in [3.05, 3.63) is 42.2 Å². The van der Waals surface area contributed by atoms with Gasteiger partial charge in [-0.05, 0) is 49.9 Å². The summed E-state index contributed by atoms with van der Waals surface area (Å²) >= 11 is 0. The van der Waals surface area contributed by atoms with E-state index < -0.39 is 0 Å². The lowest BCUT2D eigenvalue weighted by atomic mass is 9.95. The number of nitrogens with one attached hydrogen (secondary N) is 1. The van der Waals surface area contributed by atoms with Crippen LogP contribution < -0.4 is 5.32 Å². The summed E-state index contributed by atoms with van der Waals surface area (Å²) in [6.07, 6.45) is 7.43. The molecule has 2 aromatic heterocycles. The molecular weight excluding hydrogens is 328 g/mol. The van der Waals surface area contributed by atoms with Crippen LogP contribution in [-0.4, -0.2) is 38.5 Å². The van der Waals surface area contributed by atoms with E-state index in [4.69, 9.17) is 4.74 Å². The highest BCUT2D eigenvalue weighted by atomic mass is 16.5. The number of phenols is 1. The highest BCUT2D eigenvalue weighted by Crippen LogP contribution is 2.38. The van der Waals surface area contributed by atoms with Crippen LogP contribution in [0.4, 0.5) is 5.82 Å². The number of hydrogen-bond donors (Lipinski definition) is 2. The monoisotopic (exact) mass is 348 g/mol. The zero-order chi connectivity index (χ0) is 17.7. The number of aromatic nitrogens is 3. The van der Waals surface area contributed by atoms with E-state index in [1.54, 1.807) is 18.5 Å². The van der Waals surface area contributed by atoms with Crippen LogP contribution in [0.2, 0.25) is 0 Å². The van der Waals surface area contributed by atoms with Crippen molar-refractivity contribution >= 4 is 16.6 Å². The Kier molecular flexibility index (Phi) is 3.53. The van der Waals surface area contributed by atoms with Crippen LogP contribution in [0.15, 0.2) is 36.7 Å². The molecule has 26 heavy (non-hydrogen) atoms. The summed E-state index contributed by atoms with van der Waals surface area (Å²) < 4.78 is 5.93. The number of ether oxygens (including phenoxy) is 1. The number of fused-ring (bicyclic) bond motifs is 3. The number of aryl methyl sites for hydroxylation is 1. The molecule has 0 saturated carbocycles. The standard InChI is InChI=1S/C20H20N4O2/c1-11-2-4-14(17(25)8-11)19-13-6-7-21-10-15(13)20(24-23-19)22-16-9-12-3-5-18(16)26-12/h2,4,6-8,10,12,16,18,25H,3,5,9H2,1H3,(H,22,24)/t12-,16?,18+/m0/s1. The molecule has 3 atom stereocenters. The first-order chi connectivity index (χ1) is 12.7. The topological polar surface area (TPSA) is 80.2 Å². The van der Waals surface area contributed by atoms with Crippen LogP contribution in [0.5, 0.6) is 5.75 Å². The molecule has 0 amide bonds. The first kappa shape index (κ1) is 15.5. The van der Waals surface area contributed by atoms with Crippen LogP contribution in [0.25, 0.3) is 22.0 Å². The van der Waals surface area contributed by atoms with Gasteiger partial charge in [0.25, 0.3) is 0 Å². The summed E-state index contributed by atoms with van der Waals surface area (Å²) in [5.41, 5.74) is 2.34. The van der Waals surface area contributed by atoms with Gasteiger partial charge in [0, 0.05) is 28.7 Å². The van der Waals surface area contributed by atoms with Crippen molar-refractivity contribution in [3.63, 3.8) is 0 Å². The van der Waals surface area contributed by atoms with Crippen molar-refractivity contribution in [2.24, 2.45) is 0 Å². The smallest absolute Gasteiger partial charge is 0.158 e. The Morgan fingerprint density at radius 2 is 2.08 bits per heavy atom. The predicted octanol–water partition coefficient (Wildman–Crippen LogP) is 3.44. The van der Waals surface area contributed by atoms with Gasteiger partial charge in [-0.25, -0.2) is 0 Å². The zero-order valence-corrected chi connectivity index (χ0v) is 14.5. The summed E-state index contributed by atoms with van der Waals surface area (Å²) in [6.45, 7) is 1.95. The molecule has 0 spiro atoms. The van der Waals surface area contributed by atoms with Crippen LogP contribution in [0.1, 0.15) is 24.8 Å². The second-order valence-corrected chi connectivity index (χ2v) is 7.20. The molecule has 4 heterocycles. The molecule has 1 aromatic carbocycles. The van der Waals surface area contributed by atoms with E-state index in [0.717, 1.165) is 41.4 Å². The van der Waals surface area contributed by atoms with Gasteiger partial charge in [-0.3, -0.25) is 4.98 Å². The second kappa shape index (κ2) is 5.92. The minimum absolute atomic E-state index is 0.208. The van der Waals surface area contributed by atoms with Gasteiger partial charge in [-0.15, -0.1) is 10.2 Å². The predicted molar refractivity (Wildman–Crippen MR) is 99.1 cm³/mol. The first-order valence-corrected chi connectivity index (χ1v) is 9.01. The largest absolute Gasteiger partial charge is 0.507 e. The molecule has 3 aromatic rings. The molecule has 132 valence electrons. The molecule has 6 heteroatoms. The number of aromatic hydroxyl groups is 1. The molecule has 2 aliphatic rings. The van der Waals surface area contributed by atoms with Gasteiger partial charge in [-0.2, -0.15) is 0 Å². The molecule has 2 aliphatic heterocycles. The number of nitrogens with zero attached hydrogens (tertiary/aromatic N) is 3. The highest BCUT2D eigenvalue weighted by Gasteiger charge is 2.41. The normalized spacial score (nSPS) is 24.3. The van der Waals surface area contributed by atoms with E-state index in [1.807, 2.05) is 25.1 Å².